The number of hydrogen-bond donors (Lipinski definition) is 2. The summed E-state index contributed by atoms with van der Waals surface area (Å²) in [6, 6.07) is 15.0. The fourth-order valence-electron chi connectivity index (χ4n) is 4.08. The van der Waals surface area contributed by atoms with Crippen LogP contribution >= 0.6 is 0 Å². The van der Waals surface area contributed by atoms with Crippen LogP contribution in [0.4, 0.5) is 0 Å². The number of hydrogen-bond acceptors (Lipinski definition) is 5. The molecule has 160 valence electrons. The van der Waals surface area contributed by atoms with Crippen LogP contribution in [0.1, 0.15) is 28.2 Å². The maximum atomic E-state index is 11.0. The molecule has 3 aromatic rings. The fraction of sp³-hybridized carbons (Fsp3) is 0.240. The minimum absolute atomic E-state index is 0.303. The van der Waals surface area contributed by atoms with Crippen LogP contribution < -0.4 is 0 Å². The molecule has 0 amide bonds. The van der Waals surface area contributed by atoms with Crippen molar-refractivity contribution in [1.29, 1.82) is 0 Å². The highest BCUT2D eigenvalue weighted by Crippen LogP contribution is 2.23. The number of aromatic nitrogens is 2. The fourth-order valence-corrected chi connectivity index (χ4v) is 4.08. The van der Waals surface area contributed by atoms with Crippen molar-refractivity contribution in [1.82, 2.24) is 19.8 Å². The van der Waals surface area contributed by atoms with E-state index < -0.39 is 5.97 Å². The first-order chi connectivity index (χ1) is 15.6. The number of para-hydroxylation sites is 2. The van der Waals surface area contributed by atoms with Gasteiger partial charge in [0.15, 0.2) is 5.82 Å². The van der Waals surface area contributed by atoms with Gasteiger partial charge in [-0.1, -0.05) is 30.2 Å². The van der Waals surface area contributed by atoms with Gasteiger partial charge in [0.2, 0.25) is 0 Å². The Hall–Kier alpha value is -3.89. The molecule has 2 aromatic carbocycles. The lowest BCUT2D eigenvalue weighted by atomic mass is 10.0. The molecule has 0 unspecified atom stereocenters. The number of nitrogens with one attached hydrogen (secondary N) is 1. The van der Waals surface area contributed by atoms with E-state index in [2.05, 4.69) is 36.6 Å². The number of aromatic amines is 1. The van der Waals surface area contributed by atoms with Crippen molar-refractivity contribution in [2.24, 2.45) is 4.99 Å². The van der Waals surface area contributed by atoms with Crippen molar-refractivity contribution >= 4 is 23.3 Å². The van der Waals surface area contributed by atoms with Crippen molar-refractivity contribution in [2.75, 3.05) is 26.2 Å². The van der Waals surface area contributed by atoms with Crippen LogP contribution in [0.2, 0.25) is 0 Å². The number of carboxylic acids is 1. The average Bonchev–Trinajstić information content (AvgIpc) is 3.22. The smallest absolute Gasteiger partial charge is 0.335 e. The molecule has 0 aliphatic carbocycles. The second kappa shape index (κ2) is 8.69. The zero-order chi connectivity index (χ0) is 21.9. The maximum absolute atomic E-state index is 11.0. The van der Waals surface area contributed by atoms with Crippen molar-refractivity contribution in [3.05, 3.63) is 76.8 Å². The van der Waals surface area contributed by atoms with Crippen LogP contribution in [0, 0.1) is 11.8 Å². The number of aliphatic imine (C=N–C) groups is 1. The molecule has 7 nitrogen and oxygen atoms in total. The van der Waals surface area contributed by atoms with Gasteiger partial charge in [-0.2, -0.15) is 0 Å². The molecule has 0 fully saturated rings. The summed E-state index contributed by atoms with van der Waals surface area (Å²) in [7, 11) is 0. The van der Waals surface area contributed by atoms with Gasteiger partial charge in [0.25, 0.3) is 0 Å². The van der Waals surface area contributed by atoms with Crippen molar-refractivity contribution in [3.63, 3.8) is 0 Å². The summed E-state index contributed by atoms with van der Waals surface area (Å²) < 4.78 is 0. The van der Waals surface area contributed by atoms with E-state index in [0.717, 1.165) is 42.7 Å². The lowest BCUT2D eigenvalue weighted by Gasteiger charge is -2.33. The molecule has 3 heterocycles. The van der Waals surface area contributed by atoms with E-state index in [4.69, 9.17) is 5.11 Å². The molecule has 2 aliphatic rings. The Balaban J connectivity index is 1.18. The first kappa shape index (κ1) is 20.0. The predicted octanol–water partition coefficient (Wildman–Crippen LogP) is 3.12. The molecule has 0 saturated heterocycles. The molecule has 1 aromatic heterocycles. The summed E-state index contributed by atoms with van der Waals surface area (Å²) in [6.07, 6.45) is 2.83. The van der Waals surface area contributed by atoms with Crippen LogP contribution in [0.25, 0.3) is 11.0 Å². The second-order valence-corrected chi connectivity index (χ2v) is 8.07. The van der Waals surface area contributed by atoms with Gasteiger partial charge in [0, 0.05) is 38.3 Å². The van der Waals surface area contributed by atoms with Gasteiger partial charge in [0.1, 0.15) is 0 Å². The Morgan fingerprint density at radius 2 is 1.97 bits per heavy atom. The van der Waals surface area contributed by atoms with Crippen LogP contribution in [0.15, 0.2) is 64.8 Å². The molecule has 2 N–H and O–H groups in total. The van der Waals surface area contributed by atoms with Crippen molar-refractivity contribution < 1.29 is 9.90 Å². The number of H-pyrrole nitrogens is 1. The lowest BCUT2D eigenvalue weighted by molar-refractivity contribution is 0.0697. The van der Waals surface area contributed by atoms with Crippen LogP contribution in [-0.2, 0) is 6.54 Å². The van der Waals surface area contributed by atoms with Crippen LogP contribution in [-0.4, -0.2) is 63.4 Å². The molecule has 0 radical (unpaired) electrons. The zero-order valence-corrected chi connectivity index (χ0v) is 17.6. The second-order valence-electron chi connectivity index (χ2n) is 8.07. The molecule has 0 spiro atoms. The zero-order valence-electron chi connectivity index (χ0n) is 17.6. The number of imidazole rings is 1. The molecular formula is C25H23N5O2. The summed E-state index contributed by atoms with van der Waals surface area (Å²) in [5.74, 6) is 6.20. The third kappa shape index (κ3) is 4.41. The predicted molar refractivity (Wildman–Crippen MR) is 123 cm³/mol. The molecule has 0 atom stereocenters. The lowest BCUT2D eigenvalue weighted by Crippen LogP contribution is -2.38. The molecular weight excluding hydrogens is 402 g/mol. The van der Waals surface area contributed by atoms with Crippen molar-refractivity contribution in [3.8, 4) is 11.8 Å². The van der Waals surface area contributed by atoms with E-state index in [-0.39, 0.29) is 0 Å². The monoisotopic (exact) mass is 425 g/mol. The van der Waals surface area contributed by atoms with Gasteiger partial charge >= 0.3 is 5.97 Å². The van der Waals surface area contributed by atoms with E-state index in [1.165, 1.54) is 11.3 Å². The Kier molecular flexibility index (Phi) is 5.44. The van der Waals surface area contributed by atoms with E-state index in [9.17, 15) is 4.79 Å². The first-order valence-corrected chi connectivity index (χ1v) is 10.6. The van der Waals surface area contributed by atoms with Gasteiger partial charge < -0.3 is 15.0 Å². The van der Waals surface area contributed by atoms with Gasteiger partial charge in [-0.15, -0.1) is 0 Å². The number of carboxylic acid groups (broad SMARTS) is 1. The molecule has 0 bridgehead atoms. The first-order valence-electron chi connectivity index (χ1n) is 10.6. The SMILES string of the molecule is O=C(O)c1ccc(CN2C=NC3=C(C2)CN(CC#Cc2nc4ccccc4[nH]2)CC3)cc1. The number of rotatable bonds is 4. The Morgan fingerprint density at radius 3 is 2.78 bits per heavy atom. The normalized spacial score (nSPS) is 16.1. The van der Waals surface area contributed by atoms with E-state index in [1.807, 2.05) is 42.7 Å². The minimum atomic E-state index is -0.906. The topological polar surface area (TPSA) is 84.8 Å². The quantitative estimate of drug-likeness (QED) is 0.628. The van der Waals surface area contributed by atoms with Gasteiger partial charge in [0.05, 0.1) is 29.5 Å². The molecule has 7 heteroatoms. The van der Waals surface area contributed by atoms with Gasteiger partial charge in [-0.25, -0.2) is 14.8 Å². The maximum Gasteiger partial charge on any atom is 0.335 e. The Labute approximate surface area is 186 Å². The van der Waals surface area contributed by atoms with E-state index in [1.54, 1.807) is 12.1 Å². The van der Waals surface area contributed by atoms with E-state index in [0.29, 0.717) is 24.5 Å². The molecule has 5 rings (SSSR count). The highest BCUT2D eigenvalue weighted by atomic mass is 16.4. The third-order valence-corrected chi connectivity index (χ3v) is 5.74. The summed E-state index contributed by atoms with van der Waals surface area (Å²) in [5, 5.41) is 9.05. The molecule has 2 aliphatic heterocycles. The standard InChI is InChI=1S/C25H23N5O2/c31-25(32)19-9-7-18(8-10-19)14-30-16-20-15-29(13-11-21(20)26-17-30)12-3-6-24-27-22-4-1-2-5-23(22)28-24/h1-2,4-5,7-10,17H,11-16H2,(H,27,28)(H,31,32). The summed E-state index contributed by atoms with van der Waals surface area (Å²) in [5.41, 5.74) is 5.81. The third-order valence-electron chi connectivity index (χ3n) is 5.74. The summed E-state index contributed by atoms with van der Waals surface area (Å²) in [4.78, 5) is 28.0. The highest BCUT2D eigenvalue weighted by Gasteiger charge is 2.22. The number of nitrogens with zero attached hydrogens (tertiary/aromatic N) is 4. The summed E-state index contributed by atoms with van der Waals surface area (Å²) in [6.45, 7) is 4.02. The number of carbonyl (C=O) groups is 1. The number of fused-ring (bicyclic) bond motifs is 1. The largest absolute Gasteiger partial charge is 0.478 e. The number of benzene rings is 2. The van der Waals surface area contributed by atoms with Gasteiger partial charge in [-0.3, -0.25) is 4.90 Å². The van der Waals surface area contributed by atoms with E-state index >= 15 is 0 Å². The molecule has 32 heavy (non-hydrogen) atoms. The van der Waals surface area contributed by atoms with Crippen LogP contribution in [0.3, 0.4) is 0 Å². The minimum Gasteiger partial charge on any atom is -0.478 e. The van der Waals surface area contributed by atoms with Crippen LogP contribution in [0.5, 0.6) is 0 Å². The van der Waals surface area contributed by atoms with Gasteiger partial charge in [-0.05, 0) is 41.3 Å². The summed E-state index contributed by atoms with van der Waals surface area (Å²) >= 11 is 0. The Morgan fingerprint density at radius 1 is 1.12 bits per heavy atom. The van der Waals surface area contributed by atoms with Crippen molar-refractivity contribution in [2.45, 2.75) is 13.0 Å². The molecule has 0 saturated carbocycles. The highest BCUT2D eigenvalue weighted by molar-refractivity contribution is 5.87. The number of aromatic carboxylic acids is 1. The Bertz CT molecular complexity index is 1240. The average molecular weight is 425 g/mol.